The van der Waals surface area contributed by atoms with Gasteiger partial charge < -0.3 is 10.6 Å². The predicted octanol–water partition coefficient (Wildman–Crippen LogP) is 1.84. The lowest BCUT2D eigenvalue weighted by Gasteiger charge is -2.10. The van der Waals surface area contributed by atoms with Crippen LogP contribution < -0.4 is 10.6 Å². The molecule has 0 aromatic heterocycles. The van der Waals surface area contributed by atoms with Gasteiger partial charge in [-0.2, -0.15) is 0 Å². The van der Waals surface area contributed by atoms with Crippen molar-refractivity contribution in [3.63, 3.8) is 0 Å². The SMILES string of the molecule is C#CCNC(=O)c1ccccc1NC(=O)CC[N+]1=NC(=O)c2ccccc2C1=O. The third kappa shape index (κ3) is 4.42. The van der Waals surface area contributed by atoms with E-state index in [1.54, 1.807) is 42.5 Å². The number of hydrogen-bond donors (Lipinski definition) is 2. The van der Waals surface area contributed by atoms with Gasteiger partial charge in [0.1, 0.15) is 5.56 Å². The molecule has 1 aliphatic rings. The number of nitrogens with zero attached hydrogens (tertiary/aromatic N) is 2. The molecule has 2 aromatic carbocycles. The van der Waals surface area contributed by atoms with Crippen molar-refractivity contribution in [2.24, 2.45) is 5.11 Å². The first-order chi connectivity index (χ1) is 14.0. The van der Waals surface area contributed by atoms with Crippen LogP contribution in [0.2, 0.25) is 0 Å². The van der Waals surface area contributed by atoms with E-state index in [9.17, 15) is 19.2 Å². The Bertz CT molecular complexity index is 1080. The van der Waals surface area contributed by atoms with Crippen LogP contribution in [0.5, 0.6) is 0 Å². The van der Waals surface area contributed by atoms with Crippen molar-refractivity contribution in [1.82, 2.24) is 5.32 Å². The summed E-state index contributed by atoms with van der Waals surface area (Å²) in [5.74, 6) is 0.483. The molecule has 2 N–H and O–H groups in total. The van der Waals surface area contributed by atoms with Gasteiger partial charge in [-0.05, 0) is 29.0 Å². The summed E-state index contributed by atoms with van der Waals surface area (Å²) in [7, 11) is 0. The van der Waals surface area contributed by atoms with E-state index in [0.717, 1.165) is 4.70 Å². The van der Waals surface area contributed by atoms with Crippen molar-refractivity contribution >= 4 is 29.3 Å². The Morgan fingerprint density at radius 1 is 1.03 bits per heavy atom. The number of terminal acetylenes is 1. The number of azo groups is 2. The van der Waals surface area contributed by atoms with E-state index in [1.807, 2.05) is 0 Å². The second-order valence-electron chi connectivity index (χ2n) is 6.11. The Hall–Kier alpha value is -4.12. The average Bonchev–Trinajstić information content (AvgIpc) is 2.74. The first-order valence-corrected chi connectivity index (χ1v) is 8.78. The lowest BCUT2D eigenvalue weighted by molar-refractivity contribution is -0.493. The summed E-state index contributed by atoms with van der Waals surface area (Å²) in [5, 5.41) is 8.92. The third-order valence-corrected chi connectivity index (χ3v) is 4.18. The molecule has 1 aliphatic heterocycles. The van der Waals surface area contributed by atoms with Crippen molar-refractivity contribution in [2.75, 3.05) is 18.4 Å². The van der Waals surface area contributed by atoms with E-state index in [4.69, 9.17) is 6.42 Å². The number of hydrogen-bond acceptors (Lipinski definition) is 4. The maximum atomic E-state index is 12.5. The molecule has 0 saturated carbocycles. The molecule has 0 fully saturated rings. The molecule has 3 rings (SSSR count). The third-order valence-electron chi connectivity index (χ3n) is 4.18. The number of carbonyl (C=O) groups is 4. The number of amides is 4. The van der Waals surface area contributed by atoms with Gasteiger partial charge in [0, 0.05) is 5.11 Å². The molecule has 0 spiro atoms. The van der Waals surface area contributed by atoms with E-state index in [0.29, 0.717) is 5.69 Å². The van der Waals surface area contributed by atoms with Crippen LogP contribution in [-0.2, 0) is 4.79 Å². The molecule has 144 valence electrons. The van der Waals surface area contributed by atoms with Crippen LogP contribution >= 0.6 is 0 Å². The number of carbonyl (C=O) groups excluding carboxylic acids is 4. The number of rotatable bonds is 6. The van der Waals surface area contributed by atoms with Gasteiger partial charge in [-0.1, -0.05) is 30.2 Å². The van der Waals surface area contributed by atoms with Crippen LogP contribution in [0.15, 0.2) is 53.6 Å². The molecule has 4 amide bonds. The summed E-state index contributed by atoms with van der Waals surface area (Å²) in [6, 6.07) is 12.9. The zero-order valence-electron chi connectivity index (χ0n) is 15.3. The average molecular weight is 389 g/mol. The Morgan fingerprint density at radius 3 is 2.48 bits per heavy atom. The van der Waals surface area contributed by atoms with Crippen LogP contribution in [0.1, 0.15) is 37.5 Å². The molecule has 0 aliphatic carbocycles. The van der Waals surface area contributed by atoms with E-state index in [-0.39, 0.29) is 36.2 Å². The molecular formula is C21H17N4O4+. The standard InChI is InChI=1S/C21H16N4O4/c1-2-12-22-19(27)16-9-5-6-10-17(16)23-18(26)11-13-25-21(29)15-8-4-3-7-14(15)20(28)24-25/h1,3-10H,11-13H2,(H-,22,23,26,27)/p+1. The minimum absolute atomic E-state index is 0.0647. The second kappa shape index (κ2) is 8.71. The van der Waals surface area contributed by atoms with Crippen molar-refractivity contribution in [3.8, 4) is 12.3 Å². The minimum atomic E-state index is -0.531. The van der Waals surface area contributed by atoms with Gasteiger partial charge in [-0.3, -0.25) is 14.4 Å². The van der Waals surface area contributed by atoms with Gasteiger partial charge in [-0.25, -0.2) is 4.79 Å². The highest BCUT2D eigenvalue weighted by molar-refractivity contribution is 6.07. The first-order valence-electron chi connectivity index (χ1n) is 8.78. The quantitative estimate of drug-likeness (QED) is 0.580. The van der Waals surface area contributed by atoms with Gasteiger partial charge in [0.05, 0.1) is 29.8 Å². The lowest BCUT2D eigenvalue weighted by Crippen LogP contribution is -2.30. The van der Waals surface area contributed by atoms with E-state index in [1.165, 1.54) is 6.07 Å². The van der Waals surface area contributed by atoms with Gasteiger partial charge in [0.25, 0.3) is 5.91 Å². The fourth-order valence-electron chi connectivity index (χ4n) is 2.79. The van der Waals surface area contributed by atoms with Gasteiger partial charge in [0.15, 0.2) is 6.54 Å². The van der Waals surface area contributed by atoms with Crippen molar-refractivity contribution < 1.29 is 23.9 Å². The largest absolute Gasteiger partial charge is 0.445 e. The lowest BCUT2D eigenvalue weighted by atomic mass is 10.1. The Labute approximate surface area is 166 Å². The summed E-state index contributed by atoms with van der Waals surface area (Å²) in [5.41, 5.74) is 1.07. The summed E-state index contributed by atoms with van der Waals surface area (Å²) in [4.78, 5) is 49.0. The molecule has 0 unspecified atom stereocenters. The minimum Gasteiger partial charge on any atom is -0.341 e. The van der Waals surface area contributed by atoms with E-state index in [2.05, 4.69) is 21.7 Å². The molecule has 29 heavy (non-hydrogen) atoms. The first kappa shape index (κ1) is 19.6. The number of nitrogens with one attached hydrogen (secondary N) is 2. The molecule has 0 bridgehead atoms. The smallest absolute Gasteiger partial charge is 0.341 e. The van der Waals surface area contributed by atoms with E-state index < -0.39 is 23.6 Å². The van der Waals surface area contributed by atoms with Gasteiger partial charge in [-0.15, -0.1) is 6.42 Å². The summed E-state index contributed by atoms with van der Waals surface area (Å²) in [6.07, 6.45) is 5.03. The second-order valence-corrected chi connectivity index (χ2v) is 6.11. The fraction of sp³-hybridized carbons (Fsp3) is 0.143. The molecule has 8 nitrogen and oxygen atoms in total. The number of fused-ring (bicyclic) bond motifs is 1. The van der Waals surface area contributed by atoms with Crippen molar-refractivity contribution in [3.05, 3.63) is 65.2 Å². The highest BCUT2D eigenvalue weighted by Gasteiger charge is 2.34. The monoisotopic (exact) mass is 389 g/mol. The molecule has 0 atom stereocenters. The highest BCUT2D eigenvalue weighted by Crippen LogP contribution is 2.18. The summed E-state index contributed by atoms with van der Waals surface area (Å²) in [6.45, 7) is -0.00854. The molecule has 0 saturated heterocycles. The Balaban J connectivity index is 1.66. The maximum Gasteiger partial charge on any atom is 0.445 e. The zero-order chi connectivity index (χ0) is 20.8. The molecule has 0 radical (unpaired) electrons. The highest BCUT2D eigenvalue weighted by atomic mass is 16.2. The molecule has 8 heteroatoms. The van der Waals surface area contributed by atoms with Crippen LogP contribution in [0.3, 0.4) is 0 Å². The number of anilines is 1. The topological polar surface area (TPSA) is 108 Å². The van der Waals surface area contributed by atoms with Gasteiger partial charge in [0.2, 0.25) is 5.91 Å². The molecule has 2 aromatic rings. The van der Waals surface area contributed by atoms with Crippen molar-refractivity contribution in [2.45, 2.75) is 6.42 Å². The van der Waals surface area contributed by atoms with Crippen LogP contribution in [-0.4, -0.2) is 41.4 Å². The number of benzene rings is 2. The predicted molar refractivity (Wildman–Crippen MR) is 104 cm³/mol. The van der Waals surface area contributed by atoms with E-state index >= 15 is 0 Å². The Kier molecular flexibility index (Phi) is 5.90. The fourth-order valence-corrected chi connectivity index (χ4v) is 2.79. The normalized spacial score (nSPS) is 12.4. The van der Waals surface area contributed by atoms with Crippen LogP contribution in [0.4, 0.5) is 5.69 Å². The summed E-state index contributed by atoms with van der Waals surface area (Å²) >= 11 is 0. The Morgan fingerprint density at radius 2 is 1.72 bits per heavy atom. The van der Waals surface area contributed by atoms with Crippen LogP contribution in [0.25, 0.3) is 0 Å². The number of para-hydroxylation sites is 1. The van der Waals surface area contributed by atoms with Crippen molar-refractivity contribution in [1.29, 1.82) is 0 Å². The zero-order valence-corrected chi connectivity index (χ0v) is 15.3. The summed E-state index contributed by atoms with van der Waals surface area (Å²) < 4.78 is 0.982. The molecule has 1 heterocycles. The maximum absolute atomic E-state index is 12.5. The molecular weight excluding hydrogens is 372 g/mol. The van der Waals surface area contributed by atoms with Crippen LogP contribution in [0, 0.1) is 12.3 Å². The van der Waals surface area contributed by atoms with Gasteiger partial charge >= 0.3 is 11.8 Å².